The molecule has 0 bridgehead atoms. The first kappa shape index (κ1) is 26.3. The average Bonchev–Trinajstić information content (AvgIpc) is 3.39. The van der Waals surface area contributed by atoms with Gasteiger partial charge in [-0.05, 0) is 84.8 Å². The standard InChI is InChI=1S/C32H23ClFN3O4/c1-2-39-29-15-20(10-12-28(29)40-19-21-6-5-7-24(34)14-21)18-35-37-31(36-26-9-4-3-8-25(26)32(37)38)30-17-22-16-23(33)11-13-27(22)41-30/h3-18H,2,19H2,1H3. The van der Waals surface area contributed by atoms with E-state index in [1.165, 1.54) is 16.8 Å². The molecule has 0 fully saturated rings. The monoisotopic (exact) mass is 567 g/mol. The van der Waals surface area contributed by atoms with Crippen molar-refractivity contribution >= 4 is 39.7 Å². The fourth-order valence-corrected chi connectivity index (χ4v) is 4.60. The van der Waals surface area contributed by atoms with Gasteiger partial charge in [-0.3, -0.25) is 4.79 Å². The Labute approximate surface area is 239 Å². The van der Waals surface area contributed by atoms with E-state index in [4.69, 9.17) is 30.5 Å². The summed E-state index contributed by atoms with van der Waals surface area (Å²) < 4.78 is 32.5. The Hall–Kier alpha value is -4.95. The third-order valence-corrected chi connectivity index (χ3v) is 6.56. The lowest BCUT2D eigenvalue weighted by Crippen LogP contribution is -2.20. The summed E-state index contributed by atoms with van der Waals surface area (Å²) in [6.45, 7) is 2.45. The minimum absolute atomic E-state index is 0.176. The molecule has 7 nitrogen and oxygen atoms in total. The lowest BCUT2D eigenvalue weighted by atomic mass is 10.2. The number of hydrogen-bond acceptors (Lipinski definition) is 6. The second kappa shape index (κ2) is 11.3. The van der Waals surface area contributed by atoms with Crippen molar-refractivity contribution in [3.05, 3.63) is 123 Å². The fourth-order valence-electron chi connectivity index (χ4n) is 4.42. The molecule has 0 aliphatic rings. The van der Waals surface area contributed by atoms with Crippen LogP contribution in [0.3, 0.4) is 0 Å². The number of aromatic nitrogens is 2. The minimum Gasteiger partial charge on any atom is -0.490 e. The Morgan fingerprint density at radius 3 is 2.71 bits per heavy atom. The molecule has 2 heterocycles. The van der Waals surface area contributed by atoms with Crippen molar-refractivity contribution in [2.24, 2.45) is 5.10 Å². The quantitative estimate of drug-likeness (QED) is 0.178. The van der Waals surface area contributed by atoms with Crippen LogP contribution >= 0.6 is 11.6 Å². The Kier molecular flexibility index (Phi) is 7.22. The molecule has 0 radical (unpaired) electrons. The third kappa shape index (κ3) is 5.55. The maximum atomic E-state index is 13.6. The van der Waals surface area contributed by atoms with Crippen LogP contribution in [0.5, 0.6) is 11.5 Å². The van der Waals surface area contributed by atoms with Gasteiger partial charge < -0.3 is 13.9 Å². The summed E-state index contributed by atoms with van der Waals surface area (Å²) in [6.07, 6.45) is 1.54. The van der Waals surface area contributed by atoms with E-state index in [0.29, 0.717) is 56.5 Å². The molecule has 0 spiro atoms. The number of furan rings is 1. The van der Waals surface area contributed by atoms with Crippen LogP contribution in [0.2, 0.25) is 5.02 Å². The zero-order valence-electron chi connectivity index (χ0n) is 21.9. The van der Waals surface area contributed by atoms with Crippen LogP contribution in [0.1, 0.15) is 18.1 Å². The smallest absolute Gasteiger partial charge is 0.282 e. The second-order valence-electron chi connectivity index (χ2n) is 9.16. The van der Waals surface area contributed by atoms with Gasteiger partial charge in [0.15, 0.2) is 17.3 Å². The lowest BCUT2D eigenvalue weighted by molar-refractivity contribution is 0.269. The molecule has 0 aliphatic carbocycles. The van der Waals surface area contributed by atoms with Gasteiger partial charge in [0, 0.05) is 10.4 Å². The number of hydrogen-bond donors (Lipinski definition) is 0. The number of para-hydroxylation sites is 1. The van der Waals surface area contributed by atoms with E-state index in [2.05, 4.69) is 5.10 Å². The summed E-state index contributed by atoms with van der Waals surface area (Å²) >= 11 is 6.16. The first-order valence-corrected chi connectivity index (χ1v) is 13.3. The van der Waals surface area contributed by atoms with Gasteiger partial charge in [-0.1, -0.05) is 35.9 Å². The van der Waals surface area contributed by atoms with E-state index in [1.807, 2.05) is 13.0 Å². The highest BCUT2D eigenvalue weighted by atomic mass is 35.5. The van der Waals surface area contributed by atoms with E-state index in [9.17, 15) is 9.18 Å². The van der Waals surface area contributed by atoms with Gasteiger partial charge in [-0.25, -0.2) is 9.37 Å². The number of benzene rings is 4. The average molecular weight is 568 g/mol. The van der Waals surface area contributed by atoms with Crippen molar-refractivity contribution in [3.63, 3.8) is 0 Å². The van der Waals surface area contributed by atoms with Crippen molar-refractivity contribution in [3.8, 4) is 23.1 Å². The van der Waals surface area contributed by atoms with E-state index in [-0.39, 0.29) is 23.8 Å². The molecule has 2 aromatic heterocycles. The maximum absolute atomic E-state index is 13.6. The van der Waals surface area contributed by atoms with Crippen LogP contribution in [0.25, 0.3) is 33.5 Å². The van der Waals surface area contributed by atoms with Crippen LogP contribution < -0.4 is 15.0 Å². The molecule has 6 aromatic rings. The van der Waals surface area contributed by atoms with Gasteiger partial charge >= 0.3 is 0 Å². The molecule has 41 heavy (non-hydrogen) atoms. The molecule has 0 amide bonds. The number of rotatable bonds is 8. The largest absolute Gasteiger partial charge is 0.490 e. The molecule has 204 valence electrons. The Balaban J connectivity index is 1.38. The molecule has 0 saturated heterocycles. The Morgan fingerprint density at radius 1 is 0.976 bits per heavy atom. The number of fused-ring (bicyclic) bond motifs is 2. The molecular weight excluding hydrogens is 545 g/mol. The summed E-state index contributed by atoms with van der Waals surface area (Å²) in [7, 11) is 0. The van der Waals surface area contributed by atoms with Crippen LogP contribution in [-0.4, -0.2) is 22.5 Å². The van der Waals surface area contributed by atoms with E-state index in [1.54, 1.807) is 79.0 Å². The zero-order valence-corrected chi connectivity index (χ0v) is 22.6. The van der Waals surface area contributed by atoms with Crippen molar-refractivity contribution in [1.29, 1.82) is 0 Å². The zero-order chi connectivity index (χ0) is 28.3. The topological polar surface area (TPSA) is 78.9 Å². The predicted octanol–water partition coefficient (Wildman–Crippen LogP) is 7.46. The van der Waals surface area contributed by atoms with Crippen LogP contribution in [0, 0.1) is 5.82 Å². The number of ether oxygens (including phenoxy) is 2. The first-order valence-electron chi connectivity index (χ1n) is 12.9. The van der Waals surface area contributed by atoms with Crippen molar-refractivity contribution < 1.29 is 18.3 Å². The molecule has 0 atom stereocenters. The molecular formula is C32H23ClFN3O4. The van der Waals surface area contributed by atoms with Crippen LogP contribution in [0.4, 0.5) is 4.39 Å². The highest BCUT2D eigenvalue weighted by Gasteiger charge is 2.17. The normalized spacial score (nSPS) is 11.5. The minimum atomic E-state index is -0.347. The third-order valence-electron chi connectivity index (χ3n) is 6.33. The highest BCUT2D eigenvalue weighted by Crippen LogP contribution is 2.30. The van der Waals surface area contributed by atoms with Crippen molar-refractivity contribution in [2.75, 3.05) is 6.61 Å². The van der Waals surface area contributed by atoms with Crippen molar-refractivity contribution in [1.82, 2.24) is 9.66 Å². The molecule has 0 N–H and O–H groups in total. The number of nitrogens with zero attached hydrogens (tertiary/aromatic N) is 3. The van der Waals surface area contributed by atoms with Gasteiger partial charge in [0.25, 0.3) is 5.56 Å². The first-order chi connectivity index (χ1) is 20.0. The summed E-state index contributed by atoms with van der Waals surface area (Å²) in [4.78, 5) is 18.3. The Bertz CT molecular complexity index is 1980. The van der Waals surface area contributed by atoms with Gasteiger partial charge in [0.2, 0.25) is 5.82 Å². The van der Waals surface area contributed by atoms with Gasteiger partial charge in [-0.2, -0.15) is 9.78 Å². The molecule has 9 heteroatoms. The van der Waals surface area contributed by atoms with Crippen LogP contribution in [-0.2, 0) is 6.61 Å². The summed E-state index contributed by atoms with van der Waals surface area (Å²) in [5.74, 6) is 1.29. The molecule has 0 saturated carbocycles. The fraction of sp³-hybridized carbons (Fsp3) is 0.0938. The molecule has 0 unspecified atom stereocenters. The van der Waals surface area contributed by atoms with Crippen molar-refractivity contribution in [2.45, 2.75) is 13.5 Å². The molecule has 4 aromatic carbocycles. The lowest BCUT2D eigenvalue weighted by Gasteiger charge is -2.13. The molecule has 0 aliphatic heterocycles. The SMILES string of the molecule is CCOc1cc(C=Nn2c(-c3cc4cc(Cl)ccc4o3)nc3ccccc3c2=O)ccc1OCc1cccc(F)c1. The summed E-state index contributed by atoms with van der Waals surface area (Å²) in [5.41, 5.74) is 2.14. The Morgan fingerprint density at radius 2 is 1.85 bits per heavy atom. The summed E-state index contributed by atoms with van der Waals surface area (Å²) in [5, 5.41) is 6.28. The van der Waals surface area contributed by atoms with E-state index < -0.39 is 0 Å². The maximum Gasteiger partial charge on any atom is 0.282 e. The van der Waals surface area contributed by atoms with E-state index >= 15 is 0 Å². The van der Waals surface area contributed by atoms with Gasteiger partial charge in [0.05, 0.1) is 23.7 Å². The van der Waals surface area contributed by atoms with E-state index in [0.717, 1.165) is 5.39 Å². The predicted molar refractivity (Wildman–Crippen MR) is 158 cm³/mol. The van der Waals surface area contributed by atoms with Gasteiger partial charge in [-0.15, -0.1) is 0 Å². The van der Waals surface area contributed by atoms with Gasteiger partial charge in [0.1, 0.15) is 18.0 Å². The number of halogens is 2. The highest BCUT2D eigenvalue weighted by molar-refractivity contribution is 6.31. The summed E-state index contributed by atoms with van der Waals surface area (Å²) in [6, 6.07) is 25.6. The second-order valence-corrected chi connectivity index (χ2v) is 9.60. The van der Waals surface area contributed by atoms with Crippen LogP contribution in [0.15, 0.2) is 105 Å². The molecule has 6 rings (SSSR count).